The normalized spacial score (nSPS) is 28.6. The minimum atomic E-state index is -0.607. The van der Waals surface area contributed by atoms with Gasteiger partial charge in [-0.2, -0.15) is 11.8 Å². The summed E-state index contributed by atoms with van der Waals surface area (Å²) in [4.78, 5) is 13.6. The van der Waals surface area contributed by atoms with Gasteiger partial charge in [0.1, 0.15) is 0 Å². The van der Waals surface area contributed by atoms with Crippen molar-refractivity contribution in [3.05, 3.63) is 0 Å². The zero-order chi connectivity index (χ0) is 11.6. The van der Waals surface area contributed by atoms with Crippen molar-refractivity contribution in [2.75, 3.05) is 31.1 Å². The molecule has 92 valence electrons. The van der Waals surface area contributed by atoms with Crippen LogP contribution in [0.15, 0.2) is 0 Å². The molecule has 16 heavy (non-hydrogen) atoms. The maximum absolute atomic E-state index is 11.9. The fraction of sp³-hybridized carbons (Fsp3) is 0.909. The van der Waals surface area contributed by atoms with Crippen molar-refractivity contribution < 1.29 is 9.90 Å². The Kier molecular flexibility index (Phi) is 3.77. The molecule has 0 spiro atoms. The SMILES string of the molecule is CCC1(O)CN(C(=O)CC2CSCCN2)C1. The zero-order valence-corrected chi connectivity index (χ0v) is 10.6. The summed E-state index contributed by atoms with van der Waals surface area (Å²) in [5.41, 5.74) is -0.607. The number of carbonyl (C=O) groups is 1. The molecule has 2 aliphatic heterocycles. The molecule has 1 atom stereocenters. The average Bonchev–Trinajstić information content (AvgIpc) is 2.26. The van der Waals surface area contributed by atoms with Crippen molar-refractivity contribution >= 4 is 17.7 Å². The monoisotopic (exact) mass is 244 g/mol. The Morgan fingerprint density at radius 1 is 1.62 bits per heavy atom. The van der Waals surface area contributed by atoms with E-state index in [-0.39, 0.29) is 5.91 Å². The Balaban J connectivity index is 1.73. The van der Waals surface area contributed by atoms with Crippen molar-refractivity contribution in [3.8, 4) is 0 Å². The first-order chi connectivity index (χ1) is 7.63. The zero-order valence-electron chi connectivity index (χ0n) is 9.74. The standard InChI is InChI=1S/C11H20N2O2S/c1-2-11(15)7-13(8-11)10(14)5-9-6-16-4-3-12-9/h9,12,15H,2-8H2,1H3. The summed E-state index contributed by atoms with van der Waals surface area (Å²) in [5, 5.41) is 13.2. The number of amides is 1. The second-order valence-electron chi connectivity index (χ2n) is 4.76. The Hall–Kier alpha value is -0.260. The third-order valence-electron chi connectivity index (χ3n) is 3.40. The number of β-amino-alcohol motifs (C(OH)–C–C–N with tert-alkyl or cyclic N) is 1. The summed E-state index contributed by atoms with van der Waals surface area (Å²) in [7, 11) is 0. The molecule has 2 saturated heterocycles. The molecule has 2 heterocycles. The van der Waals surface area contributed by atoms with Gasteiger partial charge < -0.3 is 15.3 Å². The van der Waals surface area contributed by atoms with Crippen LogP contribution >= 0.6 is 11.8 Å². The molecular weight excluding hydrogens is 224 g/mol. The van der Waals surface area contributed by atoms with Gasteiger partial charge in [-0.25, -0.2) is 0 Å². The van der Waals surface area contributed by atoms with Crippen molar-refractivity contribution in [2.24, 2.45) is 0 Å². The maximum atomic E-state index is 11.9. The Morgan fingerprint density at radius 3 is 2.94 bits per heavy atom. The van der Waals surface area contributed by atoms with Crippen LogP contribution in [0.2, 0.25) is 0 Å². The smallest absolute Gasteiger partial charge is 0.224 e. The van der Waals surface area contributed by atoms with Gasteiger partial charge in [-0.1, -0.05) is 6.92 Å². The summed E-state index contributed by atoms with van der Waals surface area (Å²) >= 11 is 1.90. The van der Waals surface area contributed by atoms with Gasteiger partial charge in [0.05, 0.1) is 18.7 Å². The van der Waals surface area contributed by atoms with Gasteiger partial charge >= 0.3 is 0 Å². The van der Waals surface area contributed by atoms with E-state index in [9.17, 15) is 9.90 Å². The quantitative estimate of drug-likeness (QED) is 0.737. The lowest BCUT2D eigenvalue weighted by Gasteiger charge is -2.46. The van der Waals surface area contributed by atoms with Crippen LogP contribution in [0.3, 0.4) is 0 Å². The lowest BCUT2D eigenvalue weighted by atomic mass is 9.91. The van der Waals surface area contributed by atoms with Crippen molar-refractivity contribution in [2.45, 2.75) is 31.4 Å². The lowest BCUT2D eigenvalue weighted by Crippen LogP contribution is -2.63. The molecule has 0 aromatic carbocycles. The number of rotatable bonds is 3. The number of likely N-dealkylation sites (tertiary alicyclic amines) is 1. The predicted octanol–water partition coefficient (Wildman–Crippen LogP) is 0.0648. The van der Waals surface area contributed by atoms with Crippen LogP contribution in [-0.2, 0) is 4.79 Å². The molecule has 0 radical (unpaired) electrons. The summed E-state index contributed by atoms with van der Waals surface area (Å²) < 4.78 is 0. The van der Waals surface area contributed by atoms with Gasteiger partial charge in [0.25, 0.3) is 0 Å². The summed E-state index contributed by atoms with van der Waals surface area (Å²) in [6.45, 7) is 3.99. The fourth-order valence-corrected chi connectivity index (χ4v) is 3.10. The molecule has 1 amide bonds. The predicted molar refractivity (Wildman–Crippen MR) is 65.6 cm³/mol. The number of aliphatic hydroxyl groups is 1. The van der Waals surface area contributed by atoms with Gasteiger partial charge in [0, 0.05) is 30.5 Å². The minimum Gasteiger partial charge on any atom is -0.386 e. The molecule has 2 N–H and O–H groups in total. The number of nitrogens with one attached hydrogen (secondary N) is 1. The number of carbonyl (C=O) groups excluding carboxylic acids is 1. The third kappa shape index (κ3) is 2.70. The Bertz CT molecular complexity index is 261. The highest BCUT2D eigenvalue weighted by Crippen LogP contribution is 2.25. The number of hydrogen-bond acceptors (Lipinski definition) is 4. The van der Waals surface area contributed by atoms with E-state index in [1.54, 1.807) is 4.90 Å². The first-order valence-corrected chi connectivity index (χ1v) is 7.10. The van der Waals surface area contributed by atoms with Gasteiger partial charge in [-0.15, -0.1) is 0 Å². The highest BCUT2D eigenvalue weighted by atomic mass is 32.2. The molecule has 0 bridgehead atoms. The van der Waals surface area contributed by atoms with Crippen LogP contribution in [-0.4, -0.2) is 58.7 Å². The van der Waals surface area contributed by atoms with E-state index in [0.29, 0.717) is 25.6 Å². The fourth-order valence-electron chi connectivity index (χ4n) is 2.15. The highest BCUT2D eigenvalue weighted by molar-refractivity contribution is 7.99. The van der Waals surface area contributed by atoms with Crippen LogP contribution in [0.4, 0.5) is 0 Å². The Labute approximate surface area is 101 Å². The minimum absolute atomic E-state index is 0.179. The van der Waals surface area contributed by atoms with Crippen LogP contribution < -0.4 is 5.32 Å². The van der Waals surface area contributed by atoms with Crippen LogP contribution in [0.1, 0.15) is 19.8 Å². The largest absolute Gasteiger partial charge is 0.386 e. The average molecular weight is 244 g/mol. The van der Waals surface area contributed by atoms with Crippen LogP contribution in [0.5, 0.6) is 0 Å². The molecule has 2 fully saturated rings. The molecule has 2 aliphatic rings. The maximum Gasteiger partial charge on any atom is 0.224 e. The van der Waals surface area contributed by atoms with Gasteiger partial charge in [-0.3, -0.25) is 4.79 Å². The number of thioether (sulfide) groups is 1. The van der Waals surface area contributed by atoms with E-state index in [2.05, 4.69) is 5.32 Å². The van der Waals surface area contributed by atoms with Gasteiger partial charge in [0.2, 0.25) is 5.91 Å². The van der Waals surface area contributed by atoms with Crippen molar-refractivity contribution in [1.82, 2.24) is 10.2 Å². The molecule has 0 saturated carbocycles. The molecule has 2 rings (SSSR count). The van der Waals surface area contributed by atoms with Crippen molar-refractivity contribution in [1.29, 1.82) is 0 Å². The second-order valence-corrected chi connectivity index (χ2v) is 5.91. The topological polar surface area (TPSA) is 52.6 Å². The van der Waals surface area contributed by atoms with Crippen LogP contribution in [0.25, 0.3) is 0 Å². The molecular formula is C11H20N2O2S. The molecule has 0 aliphatic carbocycles. The summed E-state index contributed by atoms with van der Waals surface area (Å²) in [5.74, 6) is 2.35. The third-order valence-corrected chi connectivity index (χ3v) is 4.53. The first-order valence-electron chi connectivity index (χ1n) is 5.94. The molecule has 5 heteroatoms. The summed E-state index contributed by atoms with van der Waals surface area (Å²) in [6, 6.07) is 0.321. The highest BCUT2D eigenvalue weighted by Gasteiger charge is 2.42. The lowest BCUT2D eigenvalue weighted by molar-refractivity contribution is -0.156. The van der Waals surface area contributed by atoms with Gasteiger partial charge in [0.15, 0.2) is 0 Å². The van der Waals surface area contributed by atoms with Gasteiger partial charge in [-0.05, 0) is 6.42 Å². The number of hydrogen-bond donors (Lipinski definition) is 2. The first kappa shape index (κ1) is 12.2. The molecule has 4 nitrogen and oxygen atoms in total. The summed E-state index contributed by atoms with van der Waals surface area (Å²) in [6.07, 6.45) is 1.31. The number of nitrogens with zero attached hydrogens (tertiary/aromatic N) is 1. The van der Waals surface area contributed by atoms with E-state index in [1.807, 2.05) is 18.7 Å². The molecule has 1 unspecified atom stereocenters. The van der Waals surface area contributed by atoms with E-state index >= 15 is 0 Å². The van der Waals surface area contributed by atoms with E-state index in [0.717, 1.165) is 24.5 Å². The van der Waals surface area contributed by atoms with Crippen molar-refractivity contribution in [3.63, 3.8) is 0 Å². The molecule has 0 aromatic rings. The van der Waals surface area contributed by atoms with E-state index < -0.39 is 5.60 Å². The molecule has 0 aromatic heterocycles. The van der Waals surface area contributed by atoms with E-state index in [1.165, 1.54) is 0 Å². The Morgan fingerprint density at radius 2 is 2.38 bits per heavy atom. The second kappa shape index (κ2) is 4.94. The van der Waals surface area contributed by atoms with Crippen LogP contribution in [0, 0.1) is 0 Å². The van der Waals surface area contributed by atoms with E-state index in [4.69, 9.17) is 0 Å².